The Balaban J connectivity index is 1.61. The largest absolute Gasteiger partial charge is 0.448 e. The van der Waals surface area contributed by atoms with Crippen molar-refractivity contribution in [3.05, 3.63) is 82.9 Å². The minimum atomic E-state index is -0.494. The zero-order valence-corrected chi connectivity index (χ0v) is 23.0. The molecular formula is C31H40N2O6. The SMILES string of the molecule is COCCN(CCOC)C(=O)OCCN(CCC1=CCc2ccccc21)Cc1ccc(/C=C/C(=O)CO)cc1. The molecule has 210 valence electrons. The average molecular weight is 537 g/mol. The zero-order chi connectivity index (χ0) is 27.9. The van der Waals surface area contributed by atoms with Crippen LogP contribution in [-0.4, -0.2) is 93.6 Å². The Morgan fingerprint density at radius 1 is 0.923 bits per heavy atom. The fraction of sp³-hybridized carbons (Fsp3) is 0.419. The van der Waals surface area contributed by atoms with Gasteiger partial charge < -0.3 is 24.2 Å². The number of nitrogens with zero attached hydrogens (tertiary/aromatic N) is 2. The van der Waals surface area contributed by atoms with Crippen molar-refractivity contribution in [1.82, 2.24) is 9.80 Å². The molecule has 8 nitrogen and oxygen atoms in total. The molecule has 0 radical (unpaired) electrons. The van der Waals surface area contributed by atoms with Gasteiger partial charge in [-0.15, -0.1) is 0 Å². The molecule has 0 atom stereocenters. The smallest absolute Gasteiger partial charge is 0.409 e. The fourth-order valence-electron chi connectivity index (χ4n) is 4.42. The number of amides is 1. The first-order chi connectivity index (χ1) is 19.0. The molecule has 1 N–H and O–H groups in total. The summed E-state index contributed by atoms with van der Waals surface area (Å²) in [5.41, 5.74) is 6.05. The molecule has 0 heterocycles. The van der Waals surface area contributed by atoms with Gasteiger partial charge in [-0.2, -0.15) is 0 Å². The molecule has 0 saturated heterocycles. The first-order valence-corrected chi connectivity index (χ1v) is 13.3. The summed E-state index contributed by atoms with van der Waals surface area (Å²) < 4.78 is 15.9. The van der Waals surface area contributed by atoms with Crippen molar-refractivity contribution in [1.29, 1.82) is 0 Å². The number of rotatable bonds is 17. The number of fused-ring (bicyclic) bond motifs is 1. The Morgan fingerprint density at radius 3 is 2.33 bits per heavy atom. The average Bonchev–Trinajstić information content (AvgIpc) is 3.38. The van der Waals surface area contributed by atoms with Crippen molar-refractivity contribution in [2.75, 3.05) is 66.8 Å². The van der Waals surface area contributed by atoms with Gasteiger partial charge in [0.05, 0.1) is 13.2 Å². The topological polar surface area (TPSA) is 88.5 Å². The summed E-state index contributed by atoms with van der Waals surface area (Å²) in [7, 11) is 3.21. The van der Waals surface area contributed by atoms with Gasteiger partial charge in [-0.3, -0.25) is 9.69 Å². The van der Waals surface area contributed by atoms with Crippen molar-refractivity contribution in [2.24, 2.45) is 0 Å². The molecule has 2 aromatic rings. The number of hydrogen-bond donors (Lipinski definition) is 1. The Hall–Kier alpha value is -3.30. The van der Waals surface area contributed by atoms with Crippen LogP contribution in [0.3, 0.4) is 0 Å². The third kappa shape index (κ3) is 10.1. The van der Waals surface area contributed by atoms with Gasteiger partial charge in [-0.1, -0.05) is 60.7 Å². The standard InChI is InChI=1S/C31H40N2O6/c1-37-20-18-33(19-21-38-2)31(36)39-22-17-32(16-15-28-13-12-27-5-3-4-6-30(27)28)23-26-9-7-25(8-10-26)11-14-29(35)24-34/h3-11,13-14,34H,12,15-24H2,1-2H3/b14-11+. The molecule has 0 aliphatic heterocycles. The number of aliphatic hydroxyl groups is 1. The van der Waals surface area contributed by atoms with Gasteiger partial charge >= 0.3 is 6.09 Å². The first kappa shape index (κ1) is 30.2. The first-order valence-electron chi connectivity index (χ1n) is 13.3. The Kier molecular flexibility index (Phi) is 12.9. The van der Waals surface area contributed by atoms with Crippen LogP contribution < -0.4 is 0 Å². The molecule has 0 bridgehead atoms. The lowest BCUT2D eigenvalue weighted by Gasteiger charge is -2.25. The van der Waals surface area contributed by atoms with E-state index in [1.54, 1.807) is 25.2 Å². The van der Waals surface area contributed by atoms with Crippen molar-refractivity contribution >= 4 is 23.5 Å². The lowest BCUT2D eigenvalue weighted by molar-refractivity contribution is -0.117. The van der Waals surface area contributed by atoms with Gasteiger partial charge in [0.25, 0.3) is 0 Å². The highest BCUT2D eigenvalue weighted by atomic mass is 16.6. The van der Waals surface area contributed by atoms with Crippen LogP contribution in [0, 0.1) is 0 Å². The number of carbonyl (C=O) groups excluding carboxylic acids is 2. The second kappa shape index (κ2) is 16.6. The molecule has 0 fully saturated rings. The molecular weight excluding hydrogens is 496 g/mol. The van der Waals surface area contributed by atoms with E-state index in [0.717, 1.165) is 30.5 Å². The maximum absolute atomic E-state index is 12.7. The summed E-state index contributed by atoms with van der Waals surface area (Å²) >= 11 is 0. The number of carbonyl (C=O) groups is 2. The van der Waals surface area contributed by atoms with Crippen LogP contribution in [-0.2, 0) is 32.0 Å². The van der Waals surface area contributed by atoms with Crippen molar-refractivity contribution in [3.63, 3.8) is 0 Å². The zero-order valence-electron chi connectivity index (χ0n) is 23.0. The molecule has 2 aromatic carbocycles. The quantitative estimate of drug-likeness (QED) is 0.308. The lowest BCUT2D eigenvalue weighted by atomic mass is 10.0. The number of ketones is 1. The number of methoxy groups -OCH3 is 2. The van der Waals surface area contributed by atoms with E-state index in [0.29, 0.717) is 39.4 Å². The van der Waals surface area contributed by atoms with E-state index in [2.05, 4.69) is 35.2 Å². The van der Waals surface area contributed by atoms with Crippen LogP contribution in [0.15, 0.2) is 60.7 Å². The van der Waals surface area contributed by atoms with E-state index in [1.807, 2.05) is 24.3 Å². The highest BCUT2D eigenvalue weighted by molar-refractivity contribution is 5.94. The highest BCUT2D eigenvalue weighted by Gasteiger charge is 2.17. The summed E-state index contributed by atoms with van der Waals surface area (Å²) in [5, 5.41) is 8.90. The third-order valence-electron chi connectivity index (χ3n) is 6.65. The summed E-state index contributed by atoms with van der Waals surface area (Å²) in [4.78, 5) is 27.9. The van der Waals surface area contributed by atoms with Crippen molar-refractivity contribution < 1.29 is 28.9 Å². The number of benzene rings is 2. The summed E-state index contributed by atoms with van der Waals surface area (Å²) in [5.74, 6) is -0.328. The predicted octanol–water partition coefficient (Wildman–Crippen LogP) is 3.82. The van der Waals surface area contributed by atoms with Crippen LogP contribution >= 0.6 is 0 Å². The molecule has 0 spiro atoms. The highest BCUT2D eigenvalue weighted by Crippen LogP contribution is 2.29. The molecule has 8 heteroatoms. The molecule has 1 aliphatic rings. The molecule has 1 aliphatic carbocycles. The van der Waals surface area contributed by atoms with E-state index in [9.17, 15) is 9.59 Å². The second-order valence-corrected chi connectivity index (χ2v) is 9.40. The molecule has 39 heavy (non-hydrogen) atoms. The maximum atomic E-state index is 12.7. The van der Waals surface area contributed by atoms with E-state index in [4.69, 9.17) is 19.3 Å². The third-order valence-corrected chi connectivity index (χ3v) is 6.65. The fourth-order valence-corrected chi connectivity index (χ4v) is 4.42. The van der Waals surface area contributed by atoms with Crippen molar-refractivity contribution in [2.45, 2.75) is 19.4 Å². The minimum absolute atomic E-state index is 0.273. The van der Waals surface area contributed by atoms with Crippen LogP contribution in [0.1, 0.15) is 28.7 Å². The minimum Gasteiger partial charge on any atom is -0.448 e. The van der Waals surface area contributed by atoms with Gasteiger partial charge in [-0.25, -0.2) is 4.79 Å². The van der Waals surface area contributed by atoms with Gasteiger partial charge in [0.1, 0.15) is 13.2 Å². The van der Waals surface area contributed by atoms with E-state index in [1.165, 1.54) is 22.8 Å². The van der Waals surface area contributed by atoms with Gasteiger partial charge in [0, 0.05) is 46.9 Å². The molecule has 0 unspecified atom stereocenters. The van der Waals surface area contributed by atoms with E-state index < -0.39 is 6.61 Å². The maximum Gasteiger partial charge on any atom is 0.409 e. The molecule has 0 saturated carbocycles. The normalized spacial score (nSPS) is 12.6. The van der Waals surface area contributed by atoms with E-state index in [-0.39, 0.29) is 18.5 Å². The predicted molar refractivity (Wildman–Crippen MR) is 152 cm³/mol. The Labute approximate surface area is 231 Å². The van der Waals surface area contributed by atoms with Gasteiger partial charge in [0.2, 0.25) is 0 Å². The number of allylic oxidation sites excluding steroid dienone is 1. The number of aliphatic hydroxyl groups excluding tert-OH is 1. The monoisotopic (exact) mass is 536 g/mol. The Bertz CT molecular complexity index is 1100. The number of hydrogen-bond acceptors (Lipinski definition) is 7. The summed E-state index contributed by atoms with van der Waals surface area (Å²) in [6.45, 7) is 3.64. The molecule has 3 rings (SSSR count). The summed E-state index contributed by atoms with van der Waals surface area (Å²) in [6, 6.07) is 16.5. The molecule has 0 aromatic heterocycles. The van der Waals surface area contributed by atoms with Crippen LogP contribution in [0.2, 0.25) is 0 Å². The second-order valence-electron chi connectivity index (χ2n) is 9.40. The van der Waals surface area contributed by atoms with Crippen LogP contribution in [0.5, 0.6) is 0 Å². The lowest BCUT2D eigenvalue weighted by Crippen LogP contribution is -2.38. The summed E-state index contributed by atoms with van der Waals surface area (Å²) in [6.07, 6.45) is 6.89. The Morgan fingerprint density at radius 2 is 1.64 bits per heavy atom. The van der Waals surface area contributed by atoms with Gasteiger partial charge in [-0.05, 0) is 46.7 Å². The van der Waals surface area contributed by atoms with Crippen LogP contribution in [0.25, 0.3) is 11.6 Å². The van der Waals surface area contributed by atoms with Crippen LogP contribution in [0.4, 0.5) is 4.79 Å². The number of ether oxygens (including phenoxy) is 3. The molecule has 1 amide bonds. The van der Waals surface area contributed by atoms with Gasteiger partial charge in [0.15, 0.2) is 5.78 Å². The van der Waals surface area contributed by atoms with Crippen molar-refractivity contribution in [3.8, 4) is 0 Å². The van der Waals surface area contributed by atoms with E-state index >= 15 is 0 Å².